The number of fused-ring (bicyclic) bond motifs is 2. The first-order valence-electron chi connectivity index (χ1n) is 9.87. The Balaban J connectivity index is 1.77. The van der Waals surface area contributed by atoms with Gasteiger partial charge >= 0.3 is 0 Å². The van der Waals surface area contributed by atoms with Gasteiger partial charge in [0.2, 0.25) is 10.0 Å². The van der Waals surface area contributed by atoms with Crippen LogP contribution in [-0.2, 0) is 17.1 Å². The molecular weight excluding hydrogens is 429 g/mol. The number of rotatable bonds is 4. The summed E-state index contributed by atoms with van der Waals surface area (Å²) in [5, 5.41) is 5.28. The van der Waals surface area contributed by atoms with Crippen LogP contribution in [0.3, 0.4) is 0 Å². The van der Waals surface area contributed by atoms with Gasteiger partial charge in [0.15, 0.2) is 5.65 Å². The van der Waals surface area contributed by atoms with Crippen LogP contribution in [0.4, 0.5) is 10.1 Å². The Labute approximate surface area is 184 Å². The van der Waals surface area contributed by atoms with E-state index in [2.05, 4.69) is 14.8 Å². The minimum atomic E-state index is -3.54. The lowest BCUT2D eigenvalue weighted by atomic mass is 10.0. The number of halogens is 1. The number of pyridine rings is 1. The average molecular weight is 450 g/mol. The van der Waals surface area contributed by atoms with Gasteiger partial charge in [0.25, 0.3) is 0 Å². The van der Waals surface area contributed by atoms with Crippen molar-refractivity contribution in [3.8, 4) is 22.4 Å². The first-order valence-corrected chi connectivity index (χ1v) is 11.8. The number of nitrogens with one attached hydrogen (secondary N) is 1. The van der Waals surface area contributed by atoms with Crippen LogP contribution >= 0.6 is 0 Å². The fourth-order valence-electron chi connectivity index (χ4n) is 4.00. The maximum absolute atomic E-state index is 13.7. The molecule has 0 spiro atoms. The zero-order valence-electron chi connectivity index (χ0n) is 17.7. The summed E-state index contributed by atoms with van der Waals surface area (Å²) in [5.74, 6) is -0.324. The van der Waals surface area contributed by atoms with Crippen LogP contribution in [0.2, 0.25) is 0 Å². The molecule has 2 aromatic carbocycles. The fraction of sp³-hybridized carbons (Fsp3) is 0.130. The number of anilines is 1. The Morgan fingerprint density at radius 3 is 2.59 bits per heavy atom. The van der Waals surface area contributed by atoms with Crippen LogP contribution < -0.4 is 4.72 Å². The summed E-state index contributed by atoms with van der Waals surface area (Å²) < 4.78 is 43.9. The highest BCUT2D eigenvalue weighted by atomic mass is 32.2. The summed E-state index contributed by atoms with van der Waals surface area (Å²) in [4.78, 5) is 4.49. The van der Waals surface area contributed by atoms with Gasteiger partial charge in [-0.3, -0.25) is 13.8 Å². The second kappa shape index (κ2) is 7.16. The molecule has 0 atom stereocenters. The Morgan fingerprint density at radius 2 is 1.84 bits per heavy atom. The molecule has 5 aromatic rings. The van der Waals surface area contributed by atoms with Gasteiger partial charge in [-0.15, -0.1) is 0 Å². The number of imidazole rings is 1. The molecule has 0 aliphatic carbocycles. The van der Waals surface area contributed by atoms with Gasteiger partial charge in [-0.05, 0) is 48.4 Å². The average Bonchev–Trinajstić information content (AvgIpc) is 3.30. The van der Waals surface area contributed by atoms with Crippen molar-refractivity contribution in [1.82, 2.24) is 19.2 Å². The van der Waals surface area contributed by atoms with Crippen molar-refractivity contribution in [2.24, 2.45) is 7.05 Å². The monoisotopic (exact) mass is 449 g/mol. The van der Waals surface area contributed by atoms with Crippen LogP contribution in [-0.4, -0.2) is 33.8 Å². The van der Waals surface area contributed by atoms with E-state index < -0.39 is 10.0 Å². The summed E-state index contributed by atoms with van der Waals surface area (Å²) in [6.45, 7) is 1.82. The predicted molar refractivity (Wildman–Crippen MR) is 123 cm³/mol. The number of hydrogen-bond acceptors (Lipinski definition) is 4. The standard InChI is InChI=1S/C23H20FN5O2S/c1-14-8-18(24)5-6-19(14)17-10-20(27-32(3,30)31)23-25-12-22(29(23)13-17)15-4-7-21-16(9-15)11-26-28(21)2/h4-13,27H,1-3H3. The topological polar surface area (TPSA) is 81.3 Å². The molecule has 3 aromatic heterocycles. The van der Waals surface area contributed by atoms with Crippen molar-refractivity contribution in [3.63, 3.8) is 0 Å². The molecule has 0 radical (unpaired) electrons. The molecule has 5 rings (SSSR count). The highest BCUT2D eigenvalue weighted by Gasteiger charge is 2.16. The molecular formula is C23H20FN5O2S. The van der Waals surface area contributed by atoms with E-state index >= 15 is 0 Å². The van der Waals surface area contributed by atoms with Gasteiger partial charge in [-0.2, -0.15) is 5.10 Å². The molecule has 0 saturated heterocycles. The summed E-state index contributed by atoms with van der Waals surface area (Å²) in [6.07, 6.45) is 6.49. The van der Waals surface area contributed by atoms with E-state index in [4.69, 9.17) is 0 Å². The minimum Gasteiger partial charge on any atom is -0.297 e. The first kappa shape index (κ1) is 20.2. The van der Waals surface area contributed by atoms with Crippen LogP contribution in [0.25, 0.3) is 38.9 Å². The summed E-state index contributed by atoms with van der Waals surface area (Å²) in [7, 11) is -1.65. The SMILES string of the molecule is Cc1cc(F)ccc1-c1cc(NS(C)(=O)=O)c2ncc(-c3ccc4c(cnn4C)c3)n2c1. The maximum atomic E-state index is 13.7. The van der Waals surface area contributed by atoms with E-state index in [0.29, 0.717) is 11.3 Å². The van der Waals surface area contributed by atoms with Gasteiger partial charge in [0.05, 0.1) is 35.5 Å². The Morgan fingerprint density at radius 1 is 1.03 bits per heavy atom. The molecule has 0 aliphatic rings. The number of aryl methyl sites for hydroxylation is 2. The highest BCUT2D eigenvalue weighted by molar-refractivity contribution is 7.92. The van der Waals surface area contributed by atoms with Crippen molar-refractivity contribution in [1.29, 1.82) is 0 Å². The summed E-state index contributed by atoms with van der Waals surface area (Å²) in [6, 6.07) is 12.2. The van der Waals surface area contributed by atoms with Gasteiger partial charge in [-0.25, -0.2) is 17.8 Å². The number of sulfonamides is 1. The maximum Gasteiger partial charge on any atom is 0.229 e. The lowest BCUT2D eigenvalue weighted by Gasteiger charge is -2.13. The second-order valence-corrected chi connectivity index (χ2v) is 9.60. The predicted octanol–water partition coefficient (Wildman–Crippen LogP) is 4.37. The van der Waals surface area contributed by atoms with Gasteiger partial charge in [-0.1, -0.05) is 12.1 Å². The minimum absolute atomic E-state index is 0.324. The number of hydrogen-bond donors (Lipinski definition) is 1. The van der Waals surface area contributed by atoms with Crippen LogP contribution in [0.15, 0.2) is 61.1 Å². The van der Waals surface area contributed by atoms with Crippen molar-refractivity contribution < 1.29 is 12.8 Å². The van der Waals surface area contributed by atoms with Gasteiger partial charge in [0.1, 0.15) is 5.82 Å². The Kier molecular flexibility index (Phi) is 4.52. The molecule has 0 fully saturated rings. The molecule has 9 heteroatoms. The molecule has 32 heavy (non-hydrogen) atoms. The highest BCUT2D eigenvalue weighted by Crippen LogP contribution is 2.33. The molecule has 0 unspecified atom stereocenters. The van der Waals surface area contributed by atoms with E-state index in [9.17, 15) is 12.8 Å². The van der Waals surface area contributed by atoms with E-state index in [0.717, 1.165) is 45.1 Å². The van der Waals surface area contributed by atoms with Crippen molar-refractivity contribution in [2.75, 3.05) is 11.0 Å². The Bertz CT molecular complexity index is 1620. The third-order valence-electron chi connectivity index (χ3n) is 5.44. The molecule has 162 valence electrons. The molecule has 1 N–H and O–H groups in total. The molecule has 3 heterocycles. The number of nitrogens with zero attached hydrogens (tertiary/aromatic N) is 4. The molecule has 0 bridgehead atoms. The number of benzene rings is 2. The fourth-order valence-corrected chi connectivity index (χ4v) is 4.55. The first-order chi connectivity index (χ1) is 15.2. The van der Waals surface area contributed by atoms with Crippen molar-refractivity contribution in [3.05, 3.63) is 72.4 Å². The van der Waals surface area contributed by atoms with E-state index in [1.54, 1.807) is 29.2 Å². The zero-order chi connectivity index (χ0) is 22.6. The third kappa shape index (κ3) is 3.50. The van der Waals surface area contributed by atoms with E-state index in [-0.39, 0.29) is 5.82 Å². The van der Waals surface area contributed by atoms with Crippen LogP contribution in [0.5, 0.6) is 0 Å². The normalized spacial score (nSPS) is 12.0. The largest absolute Gasteiger partial charge is 0.297 e. The summed E-state index contributed by atoms with van der Waals surface area (Å²) in [5.41, 5.74) is 5.82. The molecule has 0 aliphatic heterocycles. The number of aromatic nitrogens is 4. The second-order valence-electron chi connectivity index (χ2n) is 7.85. The van der Waals surface area contributed by atoms with E-state index in [1.165, 1.54) is 12.1 Å². The Hall–Kier alpha value is -3.72. The third-order valence-corrected chi connectivity index (χ3v) is 6.03. The smallest absolute Gasteiger partial charge is 0.229 e. The molecule has 0 amide bonds. The zero-order valence-corrected chi connectivity index (χ0v) is 18.5. The molecule has 0 saturated carbocycles. The van der Waals surface area contributed by atoms with Crippen LogP contribution in [0.1, 0.15) is 5.56 Å². The van der Waals surface area contributed by atoms with Crippen molar-refractivity contribution >= 4 is 32.3 Å². The lowest BCUT2D eigenvalue weighted by molar-refractivity contribution is 0.607. The van der Waals surface area contributed by atoms with Crippen molar-refractivity contribution in [2.45, 2.75) is 6.92 Å². The van der Waals surface area contributed by atoms with Gasteiger partial charge < -0.3 is 0 Å². The van der Waals surface area contributed by atoms with Crippen LogP contribution in [0, 0.1) is 12.7 Å². The summed E-state index contributed by atoms with van der Waals surface area (Å²) >= 11 is 0. The molecule has 7 nitrogen and oxygen atoms in total. The van der Waals surface area contributed by atoms with Gasteiger partial charge in [0, 0.05) is 29.8 Å². The lowest BCUT2D eigenvalue weighted by Crippen LogP contribution is -2.11. The quantitative estimate of drug-likeness (QED) is 0.442. The van der Waals surface area contributed by atoms with E-state index in [1.807, 2.05) is 42.8 Å².